The van der Waals surface area contributed by atoms with E-state index in [1.54, 1.807) is 35.6 Å². The number of carbonyl (C=O) groups is 2. The quantitative estimate of drug-likeness (QED) is 0.521. The van der Waals surface area contributed by atoms with Crippen LogP contribution in [0.15, 0.2) is 42.5 Å². The fraction of sp³-hybridized carbons (Fsp3) is 0.286. The second kappa shape index (κ2) is 8.69. The molecule has 0 radical (unpaired) electrons. The summed E-state index contributed by atoms with van der Waals surface area (Å²) >= 11 is 13.5. The summed E-state index contributed by atoms with van der Waals surface area (Å²) in [6.07, 6.45) is 0.431. The Hall–Kier alpha value is -2.15. The summed E-state index contributed by atoms with van der Waals surface area (Å²) in [5, 5.41) is 2.25. The lowest BCUT2D eigenvalue weighted by molar-refractivity contribution is -0.131. The number of anilines is 1. The molecule has 1 fully saturated rings. The van der Waals surface area contributed by atoms with Crippen LogP contribution in [0.2, 0.25) is 10.0 Å². The Kier molecular flexibility index (Phi) is 6.04. The van der Waals surface area contributed by atoms with Gasteiger partial charge in [-0.1, -0.05) is 34.5 Å². The van der Waals surface area contributed by atoms with Crippen molar-refractivity contribution in [3.05, 3.63) is 58.1 Å². The fourth-order valence-electron chi connectivity index (χ4n) is 3.33. The summed E-state index contributed by atoms with van der Waals surface area (Å²) in [5.41, 5.74) is 1.52. The van der Waals surface area contributed by atoms with Crippen molar-refractivity contribution >= 4 is 61.6 Å². The van der Waals surface area contributed by atoms with Crippen molar-refractivity contribution in [1.82, 2.24) is 9.88 Å². The molecule has 0 bridgehead atoms. The first-order valence-corrected chi connectivity index (χ1v) is 10.9. The molecule has 29 heavy (non-hydrogen) atoms. The minimum atomic E-state index is -0.0400. The molecule has 0 aliphatic carbocycles. The van der Waals surface area contributed by atoms with E-state index in [0.29, 0.717) is 28.7 Å². The maximum atomic E-state index is 12.5. The number of halogens is 2. The van der Waals surface area contributed by atoms with Crippen LogP contribution in [0.5, 0.6) is 0 Å². The third-order valence-corrected chi connectivity index (χ3v) is 6.54. The first-order chi connectivity index (χ1) is 14.0. The molecule has 2 aromatic carbocycles. The molecule has 8 heteroatoms. The summed E-state index contributed by atoms with van der Waals surface area (Å²) in [6, 6.07) is 12.5. The molecule has 1 aromatic heterocycles. The maximum Gasteiger partial charge on any atom is 0.223 e. The molecule has 3 aromatic rings. The zero-order chi connectivity index (χ0) is 20.4. The largest absolute Gasteiger partial charge is 0.345 e. The van der Waals surface area contributed by atoms with E-state index in [0.717, 1.165) is 28.4 Å². The normalized spacial score (nSPS) is 14.4. The maximum absolute atomic E-state index is 12.5. The van der Waals surface area contributed by atoms with Crippen LogP contribution in [0, 0.1) is 0 Å². The number of hydrogen-bond acceptors (Lipinski definition) is 5. The van der Waals surface area contributed by atoms with E-state index in [1.165, 1.54) is 0 Å². The molecule has 1 aliphatic heterocycles. The zero-order valence-electron chi connectivity index (χ0n) is 15.6. The highest BCUT2D eigenvalue weighted by molar-refractivity contribution is 7.22. The van der Waals surface area contributed by atoms with Gasteiger partial charge in [0.2, 0.25) is 5.91 Å². The average molecular weight is 448 g/mol. The van der Waals surface area contributed by atoms with Gasteiger partial charge in [-0.05, 0) is 42.5 Å². The monoisotopic (exact) mass is 447 g/mol. The predicted molar refractivity (Wildman–Crippen MR) is 118 cm³/mol. The third-order valence-electron chi connectivity index (χ3n) is 4.97. The molecule has 4 rings (SSSR count). The van der Waals surface area contributed by atoms with Crippen LogP contribution in [0.3, 0.4) is 0 Å². The number of aromatic nitrogens is 1. The van der Waals surface area contributed by atoms with Gasteiger partial charge < -0.3 is 9.80 Å². The van der Waals surface area contributed by atoms with Gasteiger partial charge in [-0.25, -0.2) is 4.98 Å². The molecule has 0 saturated carbocycles. The Morgan fingerprint density at radius 3 is 2.34 bits per heavy atom. The van der Waals surface area contributed by atoms with E-state index in [9.17, 15) is 9.59 Å². The number of piperazine rings is 1. The molecule has 0 unspecified atom stereocenters. The standard InChI is InChI=1S/C21H19Cl2N3O2S/c22-15-3-1-14(2-4-15)18(27)7-8-20(28)25-9-11-26(12-10-25)21-24-17-6-5-16(23)13-19(17)29-21/h1-6,13H,7-12H2. The van der Waals surface area contributed by atoms with Crippen molar-refractivity contribution in [1.29, 1.82) is 0 Å². The highest BCUT2D eigenvalue weighted by atomic mass is 35.5. The fourth-order valence-corrected chi connectivity index (χ4v) is 4.75. The van der Waals surface area contributed by atoms with Crippen molar-refractivity contribution in [2.75, 3.05) is 31.1 Å². The summed E-state index contributed by atoms with van der Waals surface area (Å²) < 4.78 is 1.06. The van der Waals surface area contributed by atoms with E-state index in [2.05, 4.69) is 9.88 Å². The number of hydrogen-bond donors (Lipinski definition) is 0. The molecule has 1 saturated heterocycles. The minimum Gasteiger partial charge on any atom is -0.345 e. The lowest BCUT2D eigenvalue weighted by atomic mass is 10.1. The molecule has 1 amide bonds. The van der Waals surface area contributed by atoms with Crippen LogP contribution in [0.25, 0.3) is 10.2 Å². The number of fused-ring (bicyclic) bond motifs is 1. The Balaban J connectivity index is 1.30. The summed E-state index contributed by atoms with van der Waals surface area (Å²) in [4.78, 5) is 33.5. The number of Topliss-reactive ketones (excluding diaryl/α,β-unsaturated/α-hetero) is 1. The zero-order valence-corrected chi connectivity index (χ0v) is 17.9. The van der Waals surface area contributed by atoms with Gasteiger partial charge in [0.15, 0.2) is 10.9 Å². The van der Waals surface area contributed by atoms with E-state index < -0.39 is 0 Å². The van der Waals surface area contributed by atoms with E-state index in [4.69, 9.17) is 23.2 Å². The topological polar surface area (TPSA) is 53.5 Å². The Morgan fingerprint density at radius 2 is 1.62 bits per heavy atom. The number of nitrogens with zero attached hydrogens (tertiary/aromatic N) is 3. The van der Waals surface area contributed by atoms with Gasteiger partial charge in [0.1, 0.15) is 0 Å². The number of thiazole rings is 1. The second-order valence-corrected chi connectivity index (χ2v) is 8.79. The molecule has 0 N–H and O–H groups in total. The van der Waals surface area contributed by atoms with Crippen LogP contribution in [0.1, 0.15) is 23.2 Å². The molecule has 150 valence electrons. The first-order valence-electron chi connectivity index (χ1n) is 9.37. The molecule has 0 atom stereocenters. The molecule has 1 aliphatic rings. The van der Waals surface area contributed by atoms with E-state index in [1.807, 2.05) is 23.1 Å². The van der Waals surface area contributed by atoms with Crippen molar-refractivity contribution in [3.8, 4) is 0 Å². The SMILES string of the molecule is O=C(CCC(=O)N1CCN(c2nc3ccc(Cl)cc3s2)CC1)c1ccc(Cl)cc1. The van der Waals surface area contributed by atoms with Gasteiger partial charge in [-0.15, -0.1) is 0 Å². The van der Waals surface area contributed by atoms with E-state index >= 15 is 0 Å². The molecule has 0 spiro atoms. The van der Waals surface area contributed by atoms with Gasteiger partial charge in [-0.2, -0.15) is 0 Å². The van der Waals surface area contributed by atoms with Crippen molar-refractivity contribution in [2.24, 2.45) is 0 Å². The van der Waals surface area contributed by atoms with E-state index in [-0.39, 0.29) is 24.5 Å². The smallest absolute Gasteiger partial charge is 0.223 e. The van der Waals surface area contributed by atoms with Crippen LogP contribution in [-0.4, -0.2) is 47.8 Å². The number of rotatable bonds is 5. The number of carbonyl (C=O) groups excluding carboxylic acids is 2. The second-order valence-electron chi connectivity index (χ2n) is 6.91. The van der Waals surface area contributed by atoms with Crippen LogP contribution in [-0.2, 0) is 4.79 Å². The van der Waals surface area contributed by atoms with Crippen molar-refractivity contribution in [3.63, 3.8) is 0 Å². The Morgan fingerprint density at radius 1 is 0.931 bits per heavy atom. The predicted octanol–water partition coefficient (Wildman–Crippen LogP) is 4.91. The first kappa shape index (κ1) is 20.1. The molecule has 5 nitrogen and oxygen atoms in total. The average Bonchev–Trinajstić information content (AvgIpc) is 3.15. The summed E-state index contributed by atoms with van der Waals surface area (Å²) in [6.45, 7) is 2.71. The Bertz CT molecular complexity index is 1040. The lowest BCUT2D eigenvalue weighted by Crippen LogP contribution is -2.48. The number of ketones is 1. The van der Waals surface area contributed by atoms with Crippen LogP contribution >= 0.6 is 34.5 Å². The van der Waals surface area contributed by atoms with Crippen molar-refractivity contribution < 1.29 is 9.59 Å². The summed E-state index contributed by atoms with van der Waals surface area (Å²) in [5.74, 6) is -0.0233. The molecular formula is C21H19Cl2N3O2S. The van der Waals surface area contributed by atoms with Gasteiger partial charge in [0, 0.05) is 54.6 Å². The van der Waals surface area contributed by atoms with Crippen LogP contribution < -0.4 is 4.90 Å². The molecule has 2 heterocycles. The highest BCUT2D eigenvalue weighted by Gasteiger charge is 2.23. The summed E-state index contributed by atoms with van der Waals surface area (Å²) in [7, 11) is 0. The third kappa shape index (κ3) is 4.71. The number of amides is 1. The lowest BCUT2D eigenvalue weighted by Gasteiger charge is -2.34. The van der Waals surface area contributed by atoms with Crippen LogP contribution in [0.4, 0.5) is 5.13 Å². The van der Waals surface area contributed by atoms with Gasteiger partial charge in [0.05, 0.1) is 10.2 Å². The Labute approximate surface area is 182 Å². The van der Waals surface area contributed by atoms with Gasteiger partial charge in [0.25, 0.3) is 0 Å². The highest BCUT2D eigenvalue weighted by Crippen LogP contribution is 2.31. The minimum absolute atomic E-state index is 0.0167. The van der Waals surface area contributed by atoms with Crippen molar-refractivity contribution in [2.45, 2.75) is 12.8 Å². The van der Waals surface area contributed by atoms with Gasteiger partial charge >= 0.3 is 0 Å². The van der Waals surface area contributed by atoms with Gasteiger partial charge in [-0.3, -0.25) is 9.59 Å². The number of benzene rings is 2. The molecular weight excluding hydrogens is 429 g/mol.